The van der Waals surface area contributed by atoms with Gasteiger partial charge in [-0.1, -0.05) is 43.7 Å². The van der Waals surface area contributed by atoms with E-state index in [0.29, 0.717) is 18.2 Å². The van der Waals surface area contributed by atoms with Gasteiger partial charge in [-0.25, -0.2) is 0 Å². The first-order valence-electron chi connectivity index (χ1n) is 10.1. The Morgan fingerprint density at radius 3 is 2.61 bits per heavy atom. The second-order valence-corrected chi connectivity index (χ2v) is 7.86. The van der Waals surface area contributed by atoms with Crippen LogP contribution in [0.5, 0.6) is 5.88 Å². The Morgan fingerprint density at radius 1 is 1.32 bits per heavy atom. The van der Waals surface area contributed by atoms with Gasteiger partial charge >= 0.3 is 0 Å². The summed E-state index contributed by atoms with van der Waals surface area (Å²) in [5.74, 6) is 1.15. The summed E-state index contributed by atoms with van der Waals surface area (Å²) in [7, 11) is 1.55. The van der Waals surface area contributed by atoms with Crippen LogP contribution in [-0.2, 0) is 6.42 Å². The fourth-order valence-electron chi connectivity index (χ4n) is 3.23. The maximum absolute atomic E-state index is 12.0. The summed E-state index contributed by atoms with van der Waals surface area (Å²) in [5.41, 5.74) is 3.91. The van der Waals surface area contributed by atoms with Crippen molar-refractivity contribution in [3.63, 3.8) is 0 Å². The maximum Gasteiger partial charge on any atom is 0.194 e. The minimum Gasteiger partial charge on any atom is -0.482 e. The van der Waals surface area contributed by atoms with E-state index >= 15 is 0 Å². The molecule has 1 unspecified atom stereocenters. The third kappa shape index (κ3) is 7.51. The Balaban J connectivity index is 2.60. The number of hydrogen-bond acceptors (Lipinski definition) is 3. The van der Waals surface area contributed by atoms with Gasteiger partial charge in [-0.15, -0.1) is 0 Å². The number of ether oxygens (including phenoxy) is 1. The Hall–Kier alpha value is -2.07. The number of aliphatic hydroxyl groups excluding tert-OH is 1. The van der Waals surface area contributed by atoms with Crippen LogP contribution in [0.1, 0.15) is 58.7 Å². The first-order valence-corrected chi connectivity index (χ1v) is 10.1. The molecule has 0 spiro atoms. The summed E-state index contributed by atoms with van der Waals surface area (Å²) in [6.45, 7) is 12.2. The van der Waals surface area contributed by atoms with Crippen molar-refractivity contribution >= 4 is 0 Å². The van der Waals surface area contributed by atoms with E-state index in [-0.39, 0.29) is 17.5 Å². The van der Waals surface area contributed by atoms with E-state index in [1.54, 1.807) is 7.11 Å². The fourth-order valence-corrected chi connectivity index (χ4v) is 3.23. The van der Waals surface area contributed by atoms with Crippen LogP contribution in [0, 0.1) is 18.8 Å². The molecule has 1 aromatic rings. The number of hydrogen-bond donors (Lipinski definition) is 2. The Labute approximate surface area is 170 Å². The molecule has 0 aliphatic heterocycles. The van der Waals surface area contributed by atoms with E-state index in [1.165, 1.54) is 11.6 Å². The van der Waals surface area contributed by atoms with Crippen molar-refractivity contribution in [2.24, 2.45) is 11.8 Å². The van der Waals surface area contributed by atoms with Crippen molar-refractivity contribution in [2.45, 2.75) is 66.9 Å². The number of aromatic nitrogens is 1. The summed E-state index contributed by atoms with van der Waals surface area (Å²) in [5, 5.41) is 10.3. The lowest BCUT2D eigenvalue weighted by Crippen LogP contribution is -2.20. The van der Waals surface area contributed by atoms with E-state index in [1.807, 2.05) is 26.8 Å². The van der Waals surface area contributed by atoms with Gasteiger partial charge in [-0.3, -0.25) is 4.79 Å². The van der Waals surface area contributed by atoms with Gasteiger partial charge < -0.3 is 14.8 Å². The average Bonchev–Trinajstić information content (AvgIpc) is 2.67. The molecule has 0 saturated heterocycles. The molecular formula is C24H37NO3. The van der Waals surface area contributed by atoms with E-state index in [0.717, 1.165) is 29.7 Å². The molecule has 0 fully saturated rings. The molecule has 4 heteroatoms. The number of pyridine rings is 1. The van der Waals surface area contributed by atoms with Crippen molar-refractivity contribution in [2.75, 3.05) is 7.11 Å². The minimum atomic E-state index is -0.365. The van der Waals surface area contributed by atoms with Gasteiger partial charge in [-0.05, 0) is 57.9 Å². The Bertz CT molecular complexity index is 771. The summed E-state index contributed by atoms with van der Waals surface area (Å²) < 4.78 is 5.15. The van der Waals surface area contributed by atoms with Gasteiger partial charge in [-0.2, -0.15) is 0 Å². The van der Waals surface area contributed by atoms with Crippen LogP contribution in [-0.4, -0.2) is 23.3 Å². The van der Waals surface area contributed by atoms with Crippen LogP contribution >= 0.6 is 0 Å². The van der Waals surface area contributed by atoms with Gasteiger partial charge in [0.2, 0.25) is 0 Å². The Morgan fingerprint density at radius 2 is 2.00 bits per heavy atom. The predicted octanol–water partition coefficient (Wildman–Crippen LogP) is 5.12. The van der Waals surface area contributed by atoms with E-state index in [4.69, 9.17) is 4.74 Å². The second kappa shape index (κ2) is 11.7. The van der Waals surface area contributed by atoms with Gasteiger partial charge in [0, 0.05) is 23.7 Å². The molecule has 0 radical (unpaired) electrons. The second-order valence-electron chi connectivity index (χ2n) is 7.86. The summed E-state index contributed by atoms with van der Waals surface area (Å²) in [4.78, 5) is 15.1. The highest BCUT2D eigenvalue weighted by Crippen LogP contribution is 2.21. The SMILES string of the molecule is C/C=C(\C)[C@H](O)[C@H](C)CC(C)/C=C/C/C(C)=C/Cc1[nH]c(OC)cc(=O)c1C. The van der Waals surface area contributed by atoms with Crippen LogP contribution in [0.4, 0.5) is 0 Å². The zero-order valence-corrected chi connectivity index (χ0v) is 18.5. The van der Waals surface area contributed by atoms with Crippen molar-refractivity contribution < 1.29 is 9.84 Å². The van der Waals surface area contributed by atoms with Crippen molar-refractivity contribution in [1.82, 2.24) is 4.98 Å². The molecule has 0 saturated carbocycles. The third-order valence-electron chi connectivity index (χ3n) is 5.34. The minimum absolute atomic E-state index is 0.00478. The first kappa shape index (κ1) is 24.0. The highest BCUT2D eigenvalue weighted by atomic mass is 16.5. The third-order valence-corrected chi connectivity index (χ3v) is 5.34. The van der Waals surface area contributed by atoms with Crippen molar-refractivity contribution in [1.29, 1.82) is 0 Å². The lowest BCUT2D eigenvalue weighted by molar-refractivity contribution is 0.139. The first-order chi connectivity index (χ1) is 13.2. The smallest absolute Gasteiger partial charge is 0.194 e. The van der Waals surface area contributed by atoms with Crippen LogP contribution in [0.3, 0.4) is 0 Å². The normalized spacial score (nSPS) is 16.3. The molecule has 0 amide bonds. The number of aliphatic hydroxyl groups is 1. The van der Waals surface area contributed by atoms with E-state index in [2.05, 4.69) is 44.0 Å². The molecule has 0 aromatic carbocycles. The van der Waals surface area contributed by atoms with Gasteiger partial charge in [0.1, 0.15) is 0 Å². The molecule has 1 aromatic heterocycles. The van der Waals surface area contributed by atoms with Crippen LogP contribution in [0.15, 0.2) is 46.3 Å². The predicted molar refractivity (Wildman–Crippen MR) is 118 cm³/mol. The van der Waals surface area contributed by atoms with Gasteiger partial charge in [0.25, 0.3) is 0 Å². The average molecular weight is 388 g/mol. The number of H-pyrrole nitrogens is 1. The molecular weight excluding hydrogens is 350 g/mol. The molecule has 0 aliphatic carbocycles. The molecule has 1 heterocycles. The molecule has 156 valence electrons. The number of nitrogens with one attached hydrogen (secondary N) is 1. The summed E-state index contributed by atoms with van der Waals surface area (Å²) in [6, 6.07) is 1.48. The molecule has 1 rings (SSSR count). The number of methoxy groups -OCH3 is 1. The Kier molecular flexibility index (Phi) is 10.0. The number of allylic oxidation sites excluding steroid dienone is 5. The zero-order chi connectivity index (χ0) is 21.3. The number of aromatic amines is 1. The quantitative estimate of drug-likeness (QED) is 0.548. The standard InChI is InChI=1S/C24H37NO3/c1-8-18(4)24(27)19(5)14-17(3)11-9-10-16(2)12-13-21-20(6)22(26)15-23(25-21)28-7/h8-9,11-12,15,17,19,24,27H,10,13-14H2,1-7H3,(H,25,26)/b11-9+,16-12+,18-8+/t17?,19-,24+/m1/s1. The maximum atomic E-state index is 12.0. The largest absolute Gasteiger partial charge is 0.482 e. The molecule has 0 aliphatic rings. The molecule has 4 nitrogen and oxygen atoms in total. The van der Waals surface area contributed by atoms with Gasteiger partial charge in [0.15, 0.2) is 11.3 Å². The van der Waals surface area contributed by atoms with Crippen LogP contribution < -0.4 is 10.2 Å². The van der Waals surface area contributed by atoms with Crippen molar-refractivity contribution in [3.8, 4) is 5.88 Å². The molecule has 0 bridgehead atoms. The monoisotopic (exact) mass is 387 g/mol. The molecule has 3 atom stereocenters. The fraction of sp³-hybridized carbons (Fsp3) is 0.542. The summed E-state index contributed by atoms with van der Waals surface area (Å²) >= 11 is 0. The molecule has 28 heavy (non-hydrogen) atoms. The van der Waals surface area contributed by atoms with Gasteiger partial charge in [0.05, 0.1) is 13.2 Å². The number of rotatable bonds is 10. The lowest BCUT2D eigenvalue weighted by Gasteiger charge is -2.21. The van der Waals surface area contributed by atoms with Crippen LogP contribution in [0.25, 0.3) is 0 Å². The van der Waals surface area contributed by atoms with Crippen LogP contribution in [0.2, 0.25) is 0 Å². The molecule has 2 N–H and O–H groups in total. The highest BCUT2D eigenvalue weighted by molar-refractivity contribution is 5.27. The highest BCUT2D eigenvalue weighted by Gasteiger charge is 2.17. The lowest BCUT2D eigenvalue weighted by atomic mass is 9.89. The van der Waals surface area contributed by atoms with E-state index < -0.39 is 0 Å². The zero-order valence-electron chi connectivity index (χ0n) is 18.5. The summed E-state index contributed by atoms with van der Waals surface area (Å²) in [6.07, 6.45) is 10.7. The van der Waals surface area contributed by atoms with Crippen molar-refractivity contribution in [3.05, 3.63) is 63.0 Å². The topological polar surface area (TPSA) is 62.3 Å². The van der Waals surface area contributed by atoms with E-state index in [9.17, 15) is 9.90 Å².